The quantitative estimate of drug-likeness (QED) is 0.539. The summed E-state index contributed by atoms with van der Waals surface area (Å²) in [5.41, 5.74) is 2.03. The van der Waals surface area contributed by atoms with Crippen LogP contribution < -0.4 is 5.32 Å². The van der Waals surface area contributed by atoms with Crippen molar-refractivity contribution in [3.63, 3.8) is 0 Å². The maximum atomic E-state index is 14.2. The predicted molar refractivity (Wildman–Crippen MR) is 105 cm³/mol. The third-order valence-electron chi connectivity index (χ3n) is 5.56. The van der Waals surface area contributed by atoms with Crippen LogP contribution in [0.1, 0.15) is 49.3 Å². The van der Waals surface area contributed by atoms with E-state index >= 15 is 0 Å². The molecule has 0 unspecified atom stereocenters. The fraction of sp³-hybridized carbons (Fsp3) is 0.435. The van der Waals surface area contributed by atoms with Gasteiger partial charge in [-0.3, -0.25) is 4.79 Å². The molecule has 0 aromatic heterocycles. The van der Waals surface area contributed by atoms with Gasteiger partial charge in [0.25, 0.3) is 0 Å². The average Bonchev–Trinajstić information content (AvgIpc) is 3.48. The van der Waals surface area contributed by atoms with Gasteiger partial charge in [0.2, 0.25) is 5.91 Å². The standard InChI is InChI=1S/C23H25F4NO/c1-3-15-6-9-18(10-7-15)21(14(2)23(25,26)27)22(29)28-20-13-17(8-11-19(20)24)12-16-4-5-16/h6-11,13-14,16,21H,3-5,12H2,1-2H3,(H,28,29)/t14-,21+/m1/s1. The van der Waals surface area contributed by atoms with E-state index in [0.717, 1.165) is 43.7 Å². The highest BCUT2D eigenvalue weighted by atomic mass is 19.4. The number of nitrogens with one attached hydrogen (secondary N) is 1. The Labute approximate surface area is 168 Å². The molecule has 1 amide bonds. The number of alkyl halides is 3. The fourth-order valence-corrected chi connectivity index (χ4v) is 3.48. The van der Waals surface area contributed by atoms with Crippen molar-refractivity contribution in [1.29, 1.82) is 0 Å². The van der Waals surface area contributed by atoms with Crippen LogP contribution in [0.4, 0.5) is 23.2 Å². The highest BCUT2D eigenvalue weighted by molar-refractivity contribution is 5.96. The lowest BCUT2D eigenvalue weighted by Gasteiger charge is -2.26. The van der Waals surface area contributed by atoms with E-state index in [0.29, 0.717) is 5.92 Å². The lowest BCUT2D eigenvalue weighted by atomic mass is 9.85. The van der Waals surface area contributed by atoms with E-state index in [2.05, 4.69) is 5.32 Å². The Bertz CT molecular complexity index is 856. The number of hydrogen-bond acceptors (Lipinski definition) is 1. The summed E-state index contributed by atoms with van der Waals surface area (Å²) in [6, 6.07) is 11.0. The number of halogens is 4. The molecule has 29 heavy (non-hydrogen) atoms. The van der Waals surface area contributed by atoms with Crippen LogP contribution in [0.2, 0.25) is 0 Å². The molecule has 1 N–H and O–H groups in total. The van der Waals surface area contributed by atoms with E-state index in [9.17, 15) is 22.4 Å². The molecule has 156 valence electrons. The Kier molecular flexibility index (Phi) is 6.30. The van der Waals surface area contributed by atoms with Crippen molar-refractivity contribution >= 4 is 11.6 Å². The molecule has 0 saturated heterocycles. The Morgan fingerprint density at radius 3 is 2.28 bits per heavy atom. The molecule has 1 aliphatic rings. The van der Waals surface area contributed by atoms with Crippen molar-refractivity contribution in [2.45, 2.75) is 51.6 Å². The zero-order valence-corrected chi connectivity index (χ0v) is 16.5. The molecule has 6 heteroatoms. The molecule has 2 nitrogen and oxygen atoms in total. The molecule has 2 atom stereocenters. The first-order valence-electron chi connectivity index (χ1n) is 9.94. The number of anilines is 1. The van der Waals surface area contributed by atoms with E-state index in [1.807, 2.05) is 6.92 Å². The molecule has 2 aromatic carbocycles. The minimum atomic E-state index is -4.56. The summed E-state index contributed by atoms with van der Waals surface area (Å²) in [5, 5.41) is 2.41. The summed E-state index contributed by atoms with van der Waals surface area (Å²) >= 11 is 0. The molecule has 1 aliphatic carbocycles. The second-order valence-electron chi connectivity index (χ2n) is 7.85. The first-order valence-corrected chi connectivity index (χ1v) is 9.94. The summed E-state index contributed by atoms with van der Waals surface area (Å²) in [7, 11) is 0. The third-order valence-corrected chi connectivity index (χ3v) is 5.56. The Morgan fingerprint density at radius 2 is 1.72 bits per heavy atom. The van der Waals surface area contributed by atoms with Crippen molar-refractivity contribution < 1.29 is 22.4 Å². The number of amides is 1. The lowest BCUT2D eigenvalue weighted by Crippen LogP contribution is -2.34. The van der Waals surface area contributed by atoms with Gasteiger partial charge in [0.05, 0.1) is 17.5 Å². The van der Waals surface area contributed by atoms with E-state index in [-0.39, 0.29) is 11.3 Å². The van der Waals surface area contributed by atoms with Crippen LogP contribution >= 0.6 is 0 Å². The molecule has 0 heterocycles. The van der Waals surface area contributed by atoms with Crippen molar-refractivity contribution in [3.05, 3.63) is 65.0 Å². The highest BCUT2D eigenvalue weighted by Gasteiger charge is 2.45. The topological polar surface area (TPSA) is 29.1 Å². The highest BCUT2D eigenvalue weighted by Crippen LogP contribution is 2.39. The van der Waals surface area contributed by atoms with Crippen LogP contribution in [0.3, 0.4) is 0 Å². The van der Waals surface area contributed by atoms with E-state index in [4.69, 9.17) is 0 Å². The molecule has 2 aromatic rings. The molecular weight excluding hydrogens is 382 g/mol. The van der Waals surface area contributed by atoms with Gasteiger partial charge in [-0.2, -0.15) is 13.2 Å². The Morgan fingerprint density at radius 1 is 1.10 bits per heavy atom. The minimum Gasteiger partial charge on any atom is -0.323 e. The van der Waals surface area contributed by atoms with Crippen LogP contribution in [0, 0.1) is 17.7 Å². The molecule has 1 fully saturated rings. The van der Waals surface area contributed by atoms with Gasteiger partial charge in [-0.15, -0.1) is 0 Å². The fourth-order valence-electron chi connectivity index (χ4n) is 3.48. The number of hydrogen-bond donors (Lipinski definition) is 1. The molecule has 1 saturated carbocycles. The monoisotopic (exact) mass is 407 g/mol. The maximum Gasteiger partial charge on any atom is 0.392 e. The van der Waals surface area contributed by atoms with Gasteiger partial charge < -0.3 is 5.32 Å². The third kappa shape index (κ3) is 5.37. The Hall–Kier alpha value is -2.37. The van der Waals surface area contributed by atoms with Crippen LogP contribution in [0.15, 0.2) is 42.5 Å². The second-order valence-corrected chi connectivity index (χ2v) is 7.85. The summed E-state index contributed by atoms with van der Waals surface area (Å²) < 4.78 is 54.7. The number of aryl methyl sites for hydroxylation is 1. The zero-order chi connectivity index (χ0) is 21.2. The van der Waals surface area contributed by atoms with Crippen LogP contribution in [-0.2, 0) is 17.6 Å². The second kappa shape index (κ2) is 8.56. The van der Waals surface area contributed by atoms with Crippen molar-refractivity contribution in [1.82, 2.24) is 0 Å². The van der Waals surface area contributed by atoms with Crippen molar-refractivity contribution in [2.24, 2.45) is 11.8 Å². The van der Waals surface area contributed by atoms with Crippen molar-refractivity contribution in [2.75, 3.05) is 5.32 Å². The number of carbonyl (C=O) groups excluding carboxylic acids is 1. The molecule has 0 aliphatic heterocycles. The maximum absolute atomic E-state index is 14.2. The van der Waals surface area contributed by atoms with Gasteiger partial charge in [0.15, 0.2) is 0 Å². The van der Waals surface area contributed by atoms with Crippen LogP contribution in [0.5, 0.6) is 0 Å². The lowest BCUT2D eigenvalue weighted by molar-refractivity contribution is -0.178. The summed E-state index contributed by atoms with van der Waals surface area (Å²) in [6.45, 7) is 2.92. The number of carbonyl (C=O) groups is 1. The molecular formula is C23H25F4NO. The van der Waals surface area contributed by atoms with Crippen LogP contribution in [-0.4, -0.2) is 12.1 Å². The Balaban J connectivity index is 1.87. The van der Waals surface area contributed by atoms with E-state index < -0.39 is 29.7 Å². The van der Waals surface area contributed by atoms with Gasteiger partial charge in [-0.05, 0) is 60.4 Å². The number of benzene rings is 2. The van der Waals surface area contributed by atoms with Crippen molar-refractivity contribution in [3.8, 4) is 0 Å². The van der Waals surface area contributed by atoms with E-state index in [1.54, 1.807) is 30.3 Å². The smallest absolute Gasteiger partial charge is 0.323 e. The van der Waals surface area contributed by atoms with Gasteiger partial charge in [-0.25, -0.2) is 4.39 Å². The largest absolute Gasteiger partial charge is 0.392 e. The molecule has 0 bridgehead atoms. The van der Waals surface area contributed by atoms with E-state index in [1.165, 1.54) is 12.1 Å². The zero-order valence-electron chi connectivity index (χ0n) is 16.5. The predicted octanol–water partition coefficient (Wildman–Crippen LogP) is 6.26. The first-order chi connectivity index (χ1) is 13.7. The first kappa shape index (κ1) is 21.3. The molecule has 0 spiro atoms. The number of rotatable bonds is 7. The minimum absolute atomic E-state index is 0.0716. The van der Waals surface area contributed by atoms with Gasteiger partial charge in [0.1, 0.15) is 5.82 Å². The van der Waals surface area contributed by atoms with Crippen LogP contribution in [0.25, 0.3) is 0 Å². The summed E-state index contributed by atoms with van der Waals surface area (Å²) in [4.78, 5) is 12.9. The average molecular weight is 407 g/mol. The van der Waals surface area contributed by atoms with Gasteiger partial charge in [0, 0.05) is 0 Å². The normalized spacial score (nSPS) is 16.3. The summed E-state index contributed by atoms with van der Waals surface area (Å²) in [6.07, 6.45) is -0.789. The molecule has 0 radical (unpaired) electrons. The SMILES string of the molecule is CCc1ccc([C@@H](C(=O)Nc2cc(CC3CC3)ccc2F)[C@@H](C)C(F)(F)F)cc1. The van der Waals surface area contributed by atoms with Gasteiger partial charge in [-0.1, -0.05) is 44.2 Å². The summed E-state index contributed by atoms with van der Waals surface area (Å²) in [5.74, 6) is -4.32. The molecule has 3 rings (SSSR count). The van der Waals surface area contributed by atoms with Gasteiger partial charge >= 0.3 is 6.18 Å².